The Balaban J connectivity index is 2.06. The lowest BCUT2D eigenvalue weighted by Crippen LogP contribution is -1.99. The molecule has 0 spiro atoms. The minimum Gasteiger partial charge on any atom is -0.481 e. The molecular weight excluding hydrogens is 266 g/mol. The number of aromatic carboxylic acids is 1. The highest BCUT2D eigenvalue weighted by molar-refractivity contribution is 7.17. The van der Waals surface area contributed by atoms with E-state index in [0.29, 0.717) is 23.3 Å². The molecule has 2 aromatic rings. The smallest absolute Gasteiger partial charge is 0.347 e. The van der Waals surface area contributed by atoms with Crippen LogP contribution in [0.2, 0.25) is 0 Å². The molecule has 0 aliphatic rings. The van der Waals surface area contributed by atoms with Crippen LogP contribution in [0.4, 0.5) is 5.13 Å². The van der Waals surface area contributed by atoms with Gasteiger partial charge in [0, 0.05) is 18.8 Å². The van der Waals surface area contributed by atoms with Crippen LogP contribution in [0.1, 0.15) is 20.9 Å². The third-order valence-electron chi connectivity index (χ3n) is 2.44. The van der Waals surface area contributed by atoms with Gasteiger partial charge in [-0.2, -0.15) is 0 Å². The van der Waals surface area contributed by atoms with E-state index in [4.69, 9.17) is 9.84 Å². The molecule has 2 aromatic heterocycles. The zero-order valence-corrected chi connectivity index (χ0v) is 11.3. The predicted molar refractivity (Wildman–Crippen MR) is 71.9 cm³/mol. The van der Waals surface area contributed by atoms with Crippen LogP contribution in [0.5, 0.6) is 5.88 Å². The first-order valence-corrected chi connectivity index (χ1v) is 6.35. The lowest BCUT2D eigenvalue weighted by Gasteiger charge is -2.04. The van der Waals surface area contributed by atoms with Gasteiger partial charge < -0.3 is 15.2 Å². The third kappa shape index (κ3) is 3.19. The van der Waals surface area contributed by atoms with Gasteiger partial charge in [0.15, 0.2) is 5.13 Å². The number of thiazole rings is 1. The van der Waals surface area contributed by atoms with Crippen molar-refractivity contribution in [1.29, 1.82) is 0 Å². The van der Waals surface area contributed by atoms with Crippen molar-refractivity contribution in [1.82, 2.24) is 9.97 Å². The molecule has 2 rings (SSSR count). The molecule has 0 saturated heterocycles. The second-order valence-electron chi connectivity index (χ2n) is 3.80. The van der Waals surface area contributed by atoms with Crippen LogP contribution >= 0.6 is 11.3 Å². The molecule has 0 aliphatic heterocycles. The van der Waals surface area contributed by atoms with Gasteiger partial charge in [0.1, 0.15) is 4.88 Å². The second kappa shape index (κ2) is 5.66. The fourth-order valence-electron chi connectivity index (χ4n) is 1.52. The molecule has 0 unspecified atom stereocenters. The molecule has 0 amide bonds. The third-order valence-corrected chi connectivity index (χ3v) is 3.55. The monoisotopic (exact) mass is 279 g/mol. The van der Waals surface area contributed by atoms with E-state index in [1.165, 1.54) is 0 Å². The number of methoxy groups -OCH3 is 1. The summed E-state index contributed by atoms with van der Waals surface area (Å²) in [6.07, 6.45) is 1.66. The van der Waals surface area contributed by atoms with Gasteiger partial charge in [0.05, 0.1) is 12.8 Å². The van der Waals surface area contributed by atoms with Gasteiger partial charge >= 0.3 is 5.97 Å². The first-order valence-electron chi connectivity index (χ1n) is 5.53. The number of pyridine rings is 1. The van der Waals surface area contributed by atoms with Crippen LogP contribution in [0, 0.1) is 6.92 Å². The lowest BCUT2D eigenvalue weighted by atomic mass is 10.3. The van der Waals surface area contributed by atoms with Crippen molar-refractivity contribution in [2.24, 2.45) is 0 Å². The number of hydrogen-bond acceptors (Lipinski definition) is 6. The Bertz CT molecular complexity index is 598. The number of hydrogen-bond donors (Lipinski definition) is 2. The number of nitrogens with zero attached hydrogens (tertiary/aromatic N) is 2. The van der Waals surface area contributed by atoms with Crippen molar-refractivity contribution in [2.75, 3.05) is 12.4 Å². The summed E-state index contributed by atoms with van der Waals surface area (Å²) in [5.74, 6) is -0.408. The summed E-state index contributed by atoms with van der Waals surface area (Å²) >= 11 is 1.13. The van der Waals surface area contributed by atoms with E-state index in [1.54, 1.807) is 20.2 Å². The highest BCUT2D eigenvalue weighted by atomic mass is 32.1. The molecule has 0 saturated carbocycles. The first kappa shape index (κ1) is 13.3. The van der Waals surface area contributed by atoms with E-state index >= 15 is 0 Å². The van der Waals surface area contributed by atoms with Gasteiger partial charge in [0.25, 0.3) is 0 Å². The van der Waals surface area contributed by atoms with Gasteiger partial charge in [-0.25, -0.2) is 14.8 Å². The Morgan fingerprint density at radius 2 is 2.37 bits per heavy atom. The molecule has 7 heteroatoms. The minimum atomic E-state index is -0.950. The van der Waals surface area contributed by atoms with Gasteiger partial charge in [-0.05, 0) is 18.6 Å². The standard InChI is InChI=1S/C12H13N3O3S/c1-7-10(11(16)17)19-12(15-7)14-6-8-3-4-13-9(5-8)18-2/h3-5H,6H2,1-2H3,(H,14,15)(H,16,17). The molecular formula is C12H13N3O3S. The number of aromatic nitrogens is 2. The summed E-state index contributed by atoms with van der Waals surface area (Å²) in [6, 6.07) is 3.67. The highest BCUT2D eigenvalue weighted by Gasteiger charge is 2.13. The second-order valence-corrected chi connectivity index (χ2v) is 4.80. The zero-order chi connectivity index (χ0) is 13.8. The van der Waals surface area contributed by atoms with Crippen molar-refractivity contribution in [2.45, 2.75) is 13.5 Å². The average Bonchev–Trinajstić information content (AvgIpc) is 2.78. The van der Waals surface area contributed by atoms with E-state index in [2.05, 4.69) is 15.3 Å². The Labute approximate surface area is 114 Å². The fraction of sp³-hybridized carbons (Fsp3) is 0.250. The van der Waals surface area contributed by atoms with E-state index in [0.717, 1.165) is 16.9 Å². The number of carbonyl (C=O) groups is 1. The molecule has 100 valence electrons. The largest absolute Gasteiger partial charge is 0.481 e. The molecule has 2 heterocycles. The zero-order valence-electron chi connectivity index (χ0n) is 10.5. The molecule has 0 aromatic carbocycles. The van der Waals surface area contributed by atoms with E-state index < -0.39 is 5.97 Å². The maximum absolute atomic E-state index is 10.9. The summed E-state index contributed by atoms with van der Waals surface area (Å²) in [5, 5.41) is 12.6. The maximum Gasteiger partial charge on any atom is 0.347 e. The Morgan fingerprint density at radius 1 is 1.58 bits per heavy atom. The number of rotatable bonds is 5. The minimum absolute atomic E-state index is 0.259. The van der Waals surface area contributed by atoms with E-state index in [1.807, 2.05) is 12.1 Å². The number of anilines is 1. The number of nitrogens with one attached hydrogen (secondary N) is 1. The molecule has 0 bridgehead atoms. The molecule has 0 aliphatic carbocycles. The molecule has 6 nitrogen and oxygen atoms in total. The molecule has 0 radical (unpaired) electrons. The molecule has 2 N–H and O–H groups in total. The molecule has 0 fully saturated rings. The van der Waals surface area contributed by atoms with Gasteiger partial charge in [-0.1, -0.05) is 11.3 Å². The fourth-order valence-corrected chi connectivity index (χ4v) is 2.32. The predicted octanol–water partition coefficient (Wildman–Crippen LogP) is 2.17. The highest BCUT2D eigenvalue weighted by Crippen LogP contribution is 2.23. The van der Waals surface area contributed by atoms with Crippen LogP contribution in [0.3, 0.4) is 0 Å². The number of ether oxygens (including phenoxy) is 1. The number of carboxylic acids is 1. The Kier molecular flexibility index (Phi) is 3.96. The summed E-state index contributed by atoms with van der Waals surface area (Å²) in [5.41, 5.74) is 1.50. The van der Waals surface area contributed by atoms with Crippen molar-refractivity contribution >= 4 is 22.4 Å². The number of carboxylic acid groups (broad SMARTS) is 1. The van der Waals surface area contributed by atoms with Gasteiger partial charge in [-0.15, -0.1) is 0 Å². The van der Waals surface area contributed by atoms with Gasteiger partial charge in [-0.3, -0.25) is 0 Å². The van der Waals surface area contributed by atoms with E-state index in [9.17, 15) is 4.79 Å². The summed E-state index contributed by atoms with van der Waals surface area (Å²) in [6.45, 7) is 2.21. The lowest BCUT2D eigenvalue weighted by molar-refractivity contribution is 0.0701. The SMILES string of the molecule is COc1cc(CNc2nc(C)c(C(=O)O)s2)ccn1. The van der Waals surface area contributed by atoms with Crippen LogP contribution in [-0.4, -0.2) is 28.2 Å². The summed E-state index contributed by atoms with van der Waals surface area (Å²) in [4.78, 5) is 19.4. The number of aryl methyl sites for hydroxylation is 1. The Hall–Kier alpha value is -2.15. The average molecular weight is 279 g/mol. The Morgan fingerprint density at radius 3 is 3.00 bits per heavy atom. The maximum atomic E-state index is 10.9. The van der Waals surface area contributed by atoms with Crippen molar-refractivity contribution < 1.29 is 14.6 Å². The van der Waals surface area contributed by atoms with Crippen LogP contribution < -0.4 is 10.1 Å². The first-order chi connectivity index (χ1) is 9.10. The molecule has 0 atom stereocenters. The summed E-state index contributed by atoms with van der Waals surface area (Å²) in [7, 11) is 1.56. The topological polar surface area (TPSA) is 84.3 Å². The normalized spacial score (nSPS) is 10.2. The van der Waals surface area contributed by atoms with Gasteiger partial charge in [0.2, 0.25) is 5.88 Å². The van der Waals surface area contributed by atoms with Crippen molar-refractivity contribution in [3.8, 4) is 5.88 Å². The van der Waals surface area contributed by atoms with Crippen LogP contribution in [0.25, 0.3) is 0 Å². The van der Waals surface area contributed by atoms with Crippen LogP contribution in [-0.2, 0) is 6.54 Å². The molecule has 19 heavy (non-hydrogen) atoms. The van der Waals surface area contributed by atoms with E-state index in [-0.39, 0.29) is 4.88 Å². The summed E-state index contributed by atoms with van der Waals surface area (Å²) < 4.78 is 5.03. The van der Waals surface area contributed by atoms with Crippen molar-refractivity contribution in [3.05, 3.63) is 34.5 Å². The van der Waals surface area contributed by atoms with Crippen LogP contribution in [0.15, 0.2) is 18.3 Å². The quantitative estimate of drug-likeness (QED) is 0.872. The van der Waals surface area contributed by atoms with Crippen molar-refractivity contribution in [3.63, 3.8) is 0 Å².